The summed E-state index contributed by atoms with van der Waals surface area (Å²) in [5.41, 5.74) is -1.16. The SMILES string of the molecule is CCCCCCCCN(CCCCCCCC)C(=O)C(CCCCCC)P(=O)(O)O. The highest BCUT2D eigenvalue weighted by atomic mass is 31.2. The summed E-state index contributed by atoms with van der Waals surface area (Å²) in [6.45, 7) is 7.76. The van der Waals surface area contributed by atoms with E-state index in [4.69, 9.17) is 0 Å². The maximum Gasteiger partial charge on any atom is 0.337 e. The van der Waals surface area contributed by atoms with Crippen molar-refractivity contribution in [2.45, 2.75) is 136 Å². The van der Waals surface area contributed by atoms with Crippen LogP contribution in [0.1, 0.15) is 130 Å². The Kier molecular flexibility index (Phi) is 19.1. The number of carbonyl (C=O) groups excluding carboxylic acids is 1. The monoisotopic (exact) mass is 447 g/mol. The second-order valence-electron chi connectivity index (χ2n) is 8.82. The van der Waals surface area contributed by atoms with Crippen LogP contribution >= 0.6 is 7.60 Å². The number of hydrogen-bond donors (Lipinski definition) is 2. The Balaban J connectivity index is 4.79. The predicted octanol–water partition coefficient (Wildman–Crippen LogP) is 7.05. The van der Waals surface area contributed by atoms with Gasteiger partial charge in [-0.1, -0.05) is 111 Å². The largest absolute Gasteiger partial charge is 0.342 e. The smallest absolute Gasteiger partial charge is 0.337 e. The van der Waals surface area contributed by atoms with Gasteiger partial charge in [-0.2, -0.15) is 0 Å². The summed E-state index contributed by atoms with van der Waals surface area (Å²) < 4.78 is 12.1. The Morgan fingerprint density at radius 3 is 1.43 bits per heavy atom. The summed E-state index contributed by atoms with van der Waals surface area (Å²) in [5, 5.41) is 0. The van der Waals surface area contributed by atoms with E-state index in [9.17, 15) is 19.1 Å². The molecule has 0 fully saturated rings. The van der Waals surface area contributed by atoms with Crippen LogP contribution in [0.4, 0.5) is 0 Å². The van der Waals surface area contributed by atoms with Crippen LogP contribution in [0.3, 0.4) is 0 Å². The summed E-state index contributed by atoms with van der Waals surface area (Å²) >= 11 is 0. The molecule has 180 valence electrons. The molecule has 0 aromatic rings. The maximum absolute atomic E-state index is 13.1. The summed E-state index contributed by atoms with van der Waals surface area (Å²) in [6, 6.07) is 0. The molecule has 0 saturated heterocycles. The fraction of sp³-hybridized carbons (Fsp3) is 0.958. The van der Waals surface area contributed by atoms with Gasteiger partial charge in [-0.15, -0.1) is 0 Å². The van der Waals surface area contributed by atoms with Gasteiger partial charge in [-0.25, -0.2) is 0 Å². The van der Waals surface area contributed by atoms with Gasteiger partial charge in [0.15, 0.2) is 0 Å². The van der Waals surface area contributed by atoms with E-state index < -0.39 is 13.3 Å². The topological polar surface area (TPSA) is 77.8 Å². The van der Waals surface area contributed by atoms with Gasteiger partial charge in [0.25, 0.3) is 0 Å². The van der Waals surface area contributed by atoms with Crippen molar-refractivity contribution in [3.63, 3.8) is 0 Å². The average Bonchev–Trinajstić information content (AvgIpc) is 2.70. The van der Waals surface area contributed by atoms with E-state index in [2.05, 4.69) is 20.8 Å². The standard InChI is InChI=1S/C24H50NO4P/c1-4-7-10-13-15-18-21-25(22-19-16-14-11-8-5-2)24(26)23(30(27,28)29)20-17-12-9-6-3/h23H,4-22H2,1-3H3,(H2,27,28,29). The summed E-state index contributed by atoms with van der Waals surface area (Å²) in [5.74, 6) is -0.318. The van der Waals surface area contributed by atoms with Crippen LogP contribution in [-0.2, 0) is 9.36 Å². The Hall–Kier alpha value is -0.380. The van der Waals surface area contributed by atoms with Gasteiger partial charge in [0.1, 0.15) is 5.66 Å². The minimum absolute atomic E-state index is 0.298. The quantitative estimate of drug-likeness (QED) is 0.146. The average molecular weight is 448 g/mol. The van der Waals surface area contributed by atoms with Gasteiger partial charge in [-0.3, -0.25) is 9.36 Å². The molecule has 0 aromatic carbocycles. The fourth-order valence-electron chi connectivity index (χ4n) is 3.91. The minimum atomic E-state index is -4.43. The molecule has 0 aliphatic carbocycles. The van der Waals surface area contributed by atoms with E-state index in [0.29, 0.717) is 25.9 Å². The number of rotatable bonds is 21. The Morgan fingerprint density at radius 1 is 0.667 bits per heavy atom. The maximum atomic E-state index is 13.1. The van der Waals surface area contributed by atoms with Crippen LogP contribution < -0.4 is 0 Å². The number of unbranched alkanes of at least 4 members (excludes halogenated alkanes) is 13. The number of amides is 1. The molecule has 0 rings (SSSR count). The van der Waals surface area contributed by atoms with E-state index in [0.717, 1.165) is 44.9 Å². The normalized spacial score (nSPS) is 12.8. The lowest BCUT2D eigenvalue weighted by Gasteiger charge is -2.28. The molecule has 0 aliphatic rings. The first-order valence-corrected chi connectivity index (χ1v) is 14.4. The van der Waals surface area contributed by atoms with Crippen LogP contribution in [-0.4, -0.2) is 39.3 Å². The van der Waals surface area contributed by atoms with Crippen molar-refractivity contribution >= 4 is 13.5 Å². The van der Waals surface area contributed by atoms with E-state index >= 15 is 0 Å². The lowest BCUT2D eigenvalue weighted by Crippen LogP contribution is -2.40. The number of nitrogens with zero attached hydrogens (tertiary/aromatic N) is 1. The first-order chi connectivity index (χ1) is 14.4. The van der Waals surface area contributed by atoms with E-state index in [1.165, 1.54) is 51.4 Å². The molecule has 0 bridgehead atoms. The highest BCUT2D eigenvalue weighted by Gasteiger charge is 2.37. The molecule has 30 heavy (non-hydrogen) atoms. The molecule has 0 saturated carbocycles. The lowest BCUT2D eigenvalue weighted by molar-refractivity contribution is -0.131. The van der Waals surface area contributed by atoms with Gasteiger partial charge in [0.05, 0.1) is 0 Å². The van der Waals surface area contributed by atoms with Crippen LogP contribution in [0.2, 0.25) is 0 Å². The molecule has 1 unspecified atom stereocenters. The third kappa shape index (κ3) is 15.4. The third-order valence-electron chi connectivity index (χ3n) is 5.90. The molecule has 0 heterocycles. The van der Waals surface area contributed by atoms with Crippen LogP contribution in [0, 0.1) is 0 Å². The van der Waals surface area contributed by atoms with Crippen molar-refractivity contribution in [1.82, 2.24) is 4.90 Å². The minimum Gasteiger partial charge on any atom is -0.342 e. The molecule has 6 heteroatoms. The van der Waals surface area contributed by atoms with Gasteiger partial charge in [-0.05, 0) is 19.3 Å². The second kappa shape index (κ2) is 19.3. The molecular weight excluding hydrogens is 397 g/mol. The zero-order valence-electron chi connectivity index (χ0n) is 20.1. The first-order valence-electron chi connectivity index (χ1n) is 12.7. The highest BCUT2D eigenvalue weighted by molar-refractivity contribution is 7.53. The molecular formula is C24H50NO4P. The van der Waals surface area contributed by atoms with Crippen molar-refractivity contribution < 1.29 is 19.1 Å². The fourth-order valence-corrected chi connectivity index (χ4v) is 4.88. The zero-order valence-corrected chi connectivity index (χ0v) is 21.0. The lowest BCUT2D eigenvalue weighted by atomic mass is 10.1. The number of carbonyl (C=O) groups is 1. The molecule has 0 aromatic heterocycles. The number of hydrogen-bond acceptors (Lipinski definition) is 2. The Morgan fingerprint density at radius 2 is 1.03 bits per heavy atom. The Bertz CT molecular complexity index is 436. The van der Waals surface area contributed by atoms with Gasteiger partial charge < -0.3 is 14.7 Å². The third-order valence-corrected chi connectivity index (χ3v) is 7.19. The molecule has 5 nitrogen and oxygen atoms in total. The zero-order chi connectivity index (χ0) is 22.7. The van der Waals surface area contributed by atoms with Crippen molar-refractivity contribution in [3.8, 4) is 0 Å². The van der Waals surface area contributed by atoms with Crippen LogP contribution in [0.25, 0.3) is 0 Å². The van der Waals surface area contributed by atoms with Crippen LogP contribution in [0.15, 0.2) is 0 Å². The van der Waals surface area contributed by atoms with Crippen molar-refractivity contribution in [1.29, 1.82) is 0 Å². The molecule has 1 atom stereocenters. The van der Waals surface area contributed by atoms with Gasteiger partial charge in [0.2, 0.25) is 5.91 Å². The van der Waals surface area contributed by atoms with Crippen molar-refractivity contribution in [2.24, 2.45) is 0 Å². The molecule has 1 amide bonds. The van der Waals surface area contributed by atoms with Gasteiger partial charge in [0, 0.05) is 13.1 Å². The second-order valence-corrected chi connectivity index (χ2v) is 10.6. The summed E-state index contributed by atoms with van der Waals surface area (Å²) in [6.07, 6.45) is 17.8. The molecule has 0 aliphatic heterocycles. The molecule has 0 spiro atoms. The van der Waals surface area contributed by atoms with E-state index in [1.807, 2.05) is 0 Å². The van der Waals surface area contributed by atoms with Crippen molar-refractivity contribution in [2.75, 3.05) is 13.1 Å². The van der Waals surface area contributed by atoms with Gasteiger partial charge >= 0.3 is 7.60 Å². The van der Waals surface area contributed by atoms with E-state index in [1.54, 1.807) is 4.90 Å². The van der Waals surface area contributed by atoms with E-state index in [-0.39, 0.29) is 5.91 Å². The first kappa shape index (κ1) is 29.6. The summed E-state index contributed by atoms with van der Waals surface area (Å²) in [4.78, 5) is 34.6. The predicted molar refractivity (Wildman–Crippen MR) is 128 cm³/mol. The molecule has 0 radical (unpaired) electrons. The Labute approximate surface area is 186 Å². The van der Waals surface area contributed by atoms with Crippen molar-refractivity contribution in [3.05, 3.63) is 0 Å². The highest BCUT2D eigenvalue weighted by Crippen LogP contribution is 2.44. The summed E-state index contributed by atoms with van der Waals surface area (Å²) in [7, 11) is -4.43. The van der Waals surface area contributed by atoms with Crippen LogP contribution in [0.5, 0.6) is 0 Å². The molecule has 2 N–H and O–H groups in total.